The molecule has 0 aliphatic carbocycles. The van der Waals surface area contributed by atoms with E-state index in [1.54, 1.807) is 0 Å². The van der Waals surface area contributed by atoms with E-state index < -0.39 is 0 Å². The Morgan fingerprint density at radius 2 is 2.00 bits per heavy atom. The first kappa shape index (κ1) is 15.3. The number of hydrogen-bond donors (Lipinski definition) is 2. The number of hydrogen-bond acceptors (Lipinski definition) is 4. The average Bonchev–Trinajstić information content (AvgIpc) is 2.24. The van der Waals surface area contributed by atoms with Crippen molar-refractivity contribution in [1.29, 1.82) is 0 Å². The van der Waals surface area contributed by atoms with E-state index in [1.807, 2.05) is 21.0 Å². The largest absolute Gasteiger partial charge is 0.379 e. The van der Waals surface area contributed by atoms with Crippen molar-refractivity contribution in [2.75, 3.05) is 53.5 Å². The molecule has 96 valence electrons. The van der Waals surface area contributed by atoms with Crippen LogP contribution in [0.4, 0.5) is 0 Å². The van der Waals surface area contributed by atoms with Crippen LogP contribution in [-0.2, 0) is 9.53 Å². The second-order valence-corrected chi connectivity index (χ2v) is 3.94. The van der Waals surface area contributed by atoms with Gasteiger partial charge >= 0.3 is 0 Å². The van der Waals surface area contributed by atoms with Crippen molar-refractivity contribution >= 4 is 5.91 Å². The topological polar surface area (TPSA) is 53.6 Å². The van der Waals surface area contributed by atoms with Gasteiger partial charge in [0.05, 0.1) is 19.8 Å². The third-order valence-electron chi connectivity index (χ3n) is 1.96. The molecule has 0 heterocycles. The van der Waals surface area contributed by atoms with Gasteiger partial charge in [0.15, 0.2) is 0 Å². The molecule has 5 heteroatoms. The number of ether oxygens (including phenoxy) is 1. The first-order valence-corrected chi connectivity index (χ1v) is 5.86. The molecule has 0 radical (unpaired) electrons. The average molecular weight is 231 g/mol. The highest BCUT2D eigenvalue weighted by Gasteiger charge is 1.98. The molecule has 0 aromatic carbocycles. The molecule has 0 spiro atoms. The van der Waals surface area contributed by atoms with E-state index in [0.717, 1.165) is 26.1 Å². The zero-order valence-electron chi connectivity index (χ0n) is 10.7. The lowest BCUT2D eigenvalue weighted by molar-refractivity contribution is -0.120. The van der Waals surface area contributed by atoms with E-state index in [9.17, 15) is 4.79 Å². The van der Waals surface area contributed by atoms with Gasteiger partial charge in [0.1, 0.15) is 0 Å². The zero-order valence-corrected chi connectivity index (χ0v) is 10.7. The summed E-state index contributed by atoms with van der Waals surface area (Å²) in [7, 11) is 4.03. The summed E-state index contributed by atoms with van der Waals surface area (Å²) in [6, 6.07) is 0. The van der Waals surface area contributed by atoms with Crippen LogP contribution in [0.15, 0.2) is 0 Å². The molecule has 16 heavy (non-hydrogen) atoms. The molecule has 0 unspecified atom stereocenters. The summed E-state index contributed by atoms with van der Waals surface area (Å²) < 4.78 is 5.37. The fourth-order valence-corrected chi connectivity index (χ4v) is 1.02. The maximum Gasteiger partial charge on any atom is 0.233 e. The summed E-state index contributed by atoms with van der Waals surface area (Å²) in [5, 5.41) is 5.83. The third-order valence-corrected chi connectivity index (χ3v) is 1.96. The second kappa shape index (κ2) is 10.9. The first-order valence-electron chi connectivity index (χ1n) is 5.86. The molecule has 0 aromatic heterocycles. The Bertz CT molecular complexity index is 175. The van der Waals surface area contributed by atoms with Gasteiger partial charge in [-0.25, -0.2) is 0 Å². The lowest BCUT2D eigenvalue weighted by Crippen LogP contribution is -2.35. The van der Waals surface area contributed by atoms with Crippen molar-refractivity contribution in [3.63, 3.8) is 0 Å². The van der Waals surface area contributed by atoms with Gasteiger partial charge in [0.2, 0.25) is 5.91 Å². The monoisotopic (exact) mass is 231 g/mol. The quantitative estimate of drug-likeness (QED) is 0.506. The molecule has 0 aliphatic rings. The Kier molecular flexibility index (Phi) is 10.4. The van der Waals surface area contributed by atoms with Gasteiger partial charge in [-0.2, -0.15) is 0 Å². The maximum absolute atomic E-state index is 11.2. The van der Waals surface area contributed by atoms with E-state index in [0.29, 0.717) is 19.7 Å². The van der Waals surface area contributed by atoms with Crippen LogP contribution in [0.1, 0.15) is 13.3 Å². The number of nitrogens with one attached hydrogen (secondary N) is 2. The van der Waals surface area contributed by atoms with Crippen LogP contribution in [0.5, 0.6) is 0 Å². The molecule has 0 fully saturated rings. The molecular weight excluding hydrogens is 206 g/mol. The SMILES string of the molecule is CCCNC(=O)CNCCOCCN(C)C. The van der Waals surface area contributed by atoms with Crippen molar-refractivity contribution in [2.24, 2.45) is 0 Å². The Morgan fingerprint density at radius 1 is 1.25 bits per heavy atom. The highest BCUT2D eigenvalue weighted by Crippen LogP contribution is 1.77. The summed E-state index contributed by atoms with van der Waals surface area (Å²) in [6.45, 7) is 6.18. The van der Waals surface area contributed by atoms with E-state index >= 15 is 0 Å². The lowest BCUT2D eigenvalue weighted by Gasteiger charge is -2.10. The minimum absolute atomic E-state index is 0.0511. The van der Waals surface area contributed by atoms with Gasteiger partial charge in [-0.1, -0.05) is 6.92 Å². The van der Waals surface area contributed by atoms with Crippen molar-refractivity contribution in [1.82, 2.24) is 15.5 Å². The maximum atomic E-state index is 11.2. The first-order chi connectivity index (χ1) is 7.66. The van der Waals surface area contributed by atoms with Gasteiger partial charge in [0.25, 0.3) is 0 Å². The highest BCUT2D eigenvalue weighted by atomic mass is 16.5. The van der Waals surface area contributed by atoms with Gasteiger partial charge in [-0.15, -0.1) is 0 Å². The third kappa shape index (κ3) is 11.4. The summed E-state index contributed by atoms with van der Waals surface area (Å²) in [6.07, 6.45) is 0.972. The molecule has 2 N–H and O–H groups in total. The van der Waals surface area contributed by atoms with E-state index in [-0.39, 0.29) is 5.91 Å². The number of carbonyl (C=O) groups is 1. The lowest BCUT2D eigenvalue weighted by atomic mass is 10.4. The van der Waals surface area contributed by atoms with Crippen LogP contribution in [0.2, 0.25) is 0 Å². The summed E-state index contributed by atoms with van der Waals surface area (Å²) in [4.78, 5) is 13.2. The van der Waals surface area contributed by atoms with Crippen LogP contribution >= 0.6 is 0 Å². The molecule has 0 aromatic rings. The Hall–Kier alpha value is -0.650. The normalized spacial score (nSPS) is 10.8. The smallest absolute Gasteiger partial charge is 0.233 e. The van der Waals surface area contributed by atoms with Crippen molar-refractivity contribution < 1.29 is 9.53 Å². The van der Waals surface area contributed by atoms with Crippen LogP contribution < -0.4 is 10.6 Å². The molecule has 0 bridgehead atoms. The van der Waals surface area contributed by atoms with Crippen LogP contribution in [0.25, 0.3) is 0 Å². The molecule has 0 aliphatic heterocycles. The Balaban J connectivity index is 3.11. The number of amides is 1. The molecule has 0 rings (SSSR count). The van der Waals surface area contributed by atoms with Crippen molar-refractivity contribution in [2.45, 2.75) is 13.3 Å². The van der Waals surface area contributed by atoms with E-state index in [4.69, 9.17) is 4.74 Å². The van der Waals surface area contributed by atoms with E-state index in [1.165, 1.54) is 0 Å². The fraction of sp³-hybridized carbons (Fsp3) is 0.909. The van der Waals surface area contributed by atoms with Crippen LogP contribution in [0, 0.1) is 0 Å². The second-order valence-electron chi connectivity index (χ2n) is 3.94. The number of likely N-dealkylation sites (N-methyl/N-ethyl adjacent to an activating group) is 1. The number of nitrogens with zero attached hydrogens (tertiary/aromatic N) is 1. The highest BCUT2D eigenvalue weighted by molar-refractivity contribution is 5.77. The predicted octanol–water partition coefficient (Wildman–Crippen LogP) is -0.320. The van der Waals surface area contributed by atoms with Crippen molar-refractivity contribution in [3.05, 3.63) is 0 Å². The van der Waals surface area contributed by atoms with Crippen LogP contribution in [-0.4, -0.2) is 64.3 Å². The summed E-state index contributed by atoms with van der Waals surface area (Å²) >= 11 is 0. The Morgan fingerprint density at radius 3 is 2.62 bits per heavy atom. The number of carbonyl (C=O) groups excluding carboxylic acids is 1. The molecular formula is C11H25N3O2. The van der Waals surface area contributed by atoms with Crippen LogP contribution in [0.3, 0.4) is 0 Å². The fourth-order valence-electron chi connectivity index (χ4n) is 1.02. The summed E-state index contributed by atoms with van der Waals surface area (Å²) in [5.74, 6) is 0.0511. The Labute approximate surface area is 98.5 Å². The predicted molar refractivity (Wildman–Crippen MR) is 65.5 cm³/mol. The molecule has 0 atom stereocenters. The number of rotatable bonds is 10. The van der Waals surface area contributed by atoms with Gasteiger partial charge in [-0.05, 0) is 20.5 Å². The summed E-state index contributed by atoms with van der Waals surface area (Å²) in [5.41, 5.74) is 0. The van der Waals surface area contributed by atoms with Crippen molar-refractivity contribution in [3.8, 4) is 0 Å². The minimum atomic E-state index is 0.0511. The molecule has 1 amide bonds. The molecule has 0 saturated carbocycles. The van der Waals surface area contributed by atoms with Gasteiger partial charge < -0.3 is 20.3 Å². The van der Waals surface area contributed by atoms with E-state index in [2.05, 4.69) is 15.5 Å². The van der Waals surface area contributed by atoms with Gasteiger partial charge in [0, 0.05) is 19.6 Å². The molecule has 5 nitrogen and oxygen atoms in total. The minimum Gasteiger partial charge on any atom is -0.379 e. The van der Waals surface area contributed by atoms with Gasteiger partial charge in [-0.3, -0.25) is 4.79 Å². The zero-order chi connectivity index (χ0) is 12.2. The molecule has 0 saturated heterocycles. The standard InChI is InChI=1S/C11H25N3O2/c1-4-5-13-11(15)10-12-6-8-16-9-7-14(2)3/h12H,4-10H2,1-3H3,(H,13,15).